The maximum Gasteiger partial charge on any atom is 0.315 e. The van der Waals surface area contributed by atoms with Crippen molar-refractivity contribution in [2.45, 2.75) is 25.2 Å². The molecule has 0 saturated carbocycles. The fourth-order valence-corrected chi connectivity index (χ4v) is 3.16. The molecule has 0 radical (unpaired) electrons. The molecule has 0 bridgehead atoms. The molecule has 3 N–H and O–H groups in total. The van der Waals surface area contributed by atoms with Gasteiger partial charge in [-0.25, -0.2) is 0 Å². The number of fused-ring (bicyclic) bond motifs is 1. The Morgan fingerprint density at radius 1 is 1.12 bits per heavy atom. The second-order valence-corrected chi connectivity index (χ2v) is 6.28. The lowest BCUT2D eigenvalue weighted by Crippen LogP contribution is -2.46. The Morgan fingerprint density at radius 2 is 1.81 bits per heavy atom. The molecule has 6 nitrogen and oxygen atoms in total. The Kier molecular flexibility index (Phi) is 5.02. The number of H-pyrrole nitrogens is 1. The number of aromatic amines is 1. The summed E-state index contributed by atoms with van der Waals surface area (Å²) in [7, 11) is 0. The van der Waals surface area contributed by atoms with Crippen LogP contribution in [-0.2, 0) is 21.4 Å². The first-order valence-electron chi connectivity index (χ1n) is 8.54. The van der Waals surface area contributed by atoms with Crippen LogP contribution < -0.4 is 5.32 Å². The first kappa shape index (κ1) is 17.7. The SMILES string of the molecule is CCC(CNC(=O)Cc1[nH]nc2ccccc12)(C(=O)O)c1ccccc1. The van der Waals surface area contributed by atoms with E-state index in [4.69, 9.17) is 0 Å². The summed E-state index contributed by atoms with van der Waals surface area (Å²) in [4.78, 5) is 24.4. The molecule has 1 atom stereocenters. The van der Waals surface area contributed by atoms with Crippen LogP contribution in [-0.4, -0.2) is 33.7 Å². The predicted octanol–water partition coefficient (Wildman–Crippen LogP) is 2.65. The Bertz CT molecular complexity index is 920. The van der Waals surface area contributed by atoms with Crippen LogP contribution in [0.3, 0.4) is 0 Å². The summed E-state index contributed by atoms with van der Waals surface area (Å²) in [5.41, 5.74) is 1.05. The van der Waals surface area contributed by atoms with Gasteiger partial charge in [-0.05, 0) is 18.1 Å². The summed E-state index contributed by atoms with van der Waals surface area (Å²) >= 11 is 0. The van der Waals surface area contributed by atoms with Gasteiger partial charge in [-0.3, -0.25) is 14.7 Å². The molecule has 0 spiro atoms. The van der Waals surface area contributed by atoms with E-state index in [9.17, 15) is 14.7 Å². The first-order valence-corrected chi connectivity index (χ1v) is 8.54. The van der Waals surface area contributed by atoms with Crippen LogP contribution in [0.4, 0.5) is 0 Å². The summed E-state index contributed by atoms with van der Waals surface area (Å²) in [6.07, 6.45) is 0.494. The van der Waals surface area contributed by atoms with Crippen LogP contribution in [0.15, 0.2) is 54.6 Å². The molecule has 134 valence electrons. The normalized spacial score (nSPS) is 13.3. The third kappa shape index (κ3) is 3.31. The second kappa shape index (κ2) is 7.39. The number of carbonyl (C=O) groups excluding carboxylic acids is 1. The van der Waals surface area contributed by atoms with Crippen molar-refractivity contribution in [2.75, 3.05) is 6.54 Å². The van der Waals surface area contributed by atoms with Crippen molar-refractivity contribution in [3.8, 4) is 0 Å². The van der Waals surface area contributed by atoms with Gasteiger partial charge in [0.15, 0.2) is 0 Å². The largest absolute Gasteiger partial charge is 0.481 e. The van der Waals surface area contributed by atoms with Crippen molar-refractivity contribution in [3.63, 3.8) is 0 Å². The van der Waals surface area contributed by atoms with Crippen molar-refractivity contribution >= 4 is 22.8 Å². The van der Waals surface area contributed by atoms with Gasteiger partial charge < -0.3 is 10.4 Å². The zero-order valence-electron chi connectivity index (χ0n) is 14.5. The molecule has 26 heavy (non-hydrogen) atoms. The molecule has 1 aromatic heterocycles. The van der Waals surface area contributed by atoms with Crippen LogP contribution >= 0.6 is 0 Å². The quantitative estimate of drug-likeness (QED) is 0.610. The number of rotatable bonds is 7. The summed E-state index contributed by atoms with van der Waals surface area (Å²) < 4.78 is 0. The van der Waals surface area contributed by atoms with E-state index in [1.54, 1.807) is 24.3 Å². The van der Waals surface area contributed by atoms with Crippen molar-refractivity contribution < 1.29 is 14.7 Å². The molecule has 0 saturated heterocycles. The van der Waals surface area contributed by atoms with E-state index >= 15 is 0 Å². The van der Waals surface area contributed by atoms with E-state index in [1.807, 2.05) is 37.3 Å². The van der Waals surface area contributed by atoms with Crippen LogP contribution in [0.1, 0.15) is 24.6 Å². The number of nitrogens with zero attached hydrogens (tertiary/aromatic N) is 1. The van der Waals surface area contributed by atoms with E-state index in [1.165, 1.54) is 0 Å². The number of amides is 1. The maximum absolute atomic E-state index is 12.4. The van der Waals surface area contributed by atoms with Gasteiger partial charge >= 0.3 is 5.97 Å². The summed E-state index contributed by atoms with van der Waals surface area (Å²) in [5, 5.41) is 20.6. The maximum atomic E-state index is 12.4. The van der Waals surface area contributed by atoms with Crippen LogP contribution in [0, 0.1) is 0 Å². The molecule has 1 unspecified atom stereocenters. The van der Waals surface area contributed by atoms with E-state index in [0.717, 1.165) is 16.6 Å². The number of carboxylic acid groups (broad SMARTS) is 1. The number of carboxylic acids is 1. The summed E-state index contributed by atoms with van der Waals surface area (Å²) in [5.74, 6) is -1.19. The molecule has 0 aliphatic heterocycles. The van der Waals surface area contributed by atoms with Crippen LogP contribution in [0.25, 0.3) is 10.9 Å². The molecule has 3 aromatic rings. The van der Waals surface area contributed by atoms with E-state index in [2.05, 4.69) is 15.5 Å². The molecule has 1 heterocycles. The van der Waals surface area contributed by atoms with E-state index < -0.39 is 11.4 Å². The third-order valence-electron chi connectivity index (χ3n) is 4.80. The Hall–Kier alpha value is -3.15. The topological polar surface area (TPSA) is 95.1 Å². The molecule has 2 aromatic carbocycles. The lowest BCUT2D eigenvalue weighted by molar-refractivity contribution is -0.144. The van der Waals surface area contributed by atoms with Crippen molar-refractivity contribution in [1.82, 2.24) is 15.5 Å². The average molecular weight is 351 g/mol. The highest BCUT2D eigenvalue weighted by molar-refractivity contribution is 5.88. The van der Waals surface area contributed by atoms with Gasteiger partial charge in [-0.15, -0.1) is 0 Å². The predicted molar refractivity (Wildman–Crippen MR) is 98.9 cm³/mol. The number of hydrogen-bond donors (Lipinski definition) is 3. The number of hydrogen-bond acceptors (Lipinski definition) is 3. The summed E-state index contributed by atoms with van der Waals surface area (Å²) in [6, 6.07) is 16.6. The second-order valence-electron chi connectivity index (χ2n) is 6.28. The number of carbonyl (C=O) groups is 2. The lowest BCUT2D eigenvalue weighted by Gasteiger charge is -2.29. The lowest BCUT2D eigenvalue weighted by atomic mass is 9.78. The standard InChI is InChI=1S/C20H21N3O3/c1-2-20(19(25)26,14-8-4-3-5-9-14)13-21-18(24)12-17-15-10-6-7-11-16(15)22-23-17/h3-11H,2,12-13H2,1H3,(H,21,24)(H,22,23)(H,25,26). The first-order chi connectivity index (χ1) is 12.6. The number of nitrogens with one attached hydrogen (secondary N) is 2. The molecule has 3 rings (SSSR count). The van der Waals surface area contributed by atoms with Crippen LogP contribution in [0.5, 0.6) is 0 Å². The van der Waals surface area contributed by atoms with Gasteiger partial charge in [0.1, 0.15) is 5.41 Å². The molecule has 1 amide bonds. The molecule has 6 heteroatoms. The minimum atomic E-state index is -1.15. The fraction of sp³-hybridized carbons (Fsp3) is 0.250. The number of benzene rings is 2. The number of para-hydroxylation sites is 1. The molecule has 0 aliphatic carbocycles. The fourth-order valence-electron chi connectivity index (χ4n) is 3.16. The zero-order chi connectivity index (χ0) is 18.6. The Morgan fingerprint density at radius 3 is 2.50 bits per heavy atom. The van der Waals surface area contributed by atoms with Crippen molar-refractivity contribution in [3.05, 3.63) is 65.9 Å². The van der Waals surface area contributed by atoms with Crippen LogP contribution in [0.2, 0.25) is 0 Å². The van der Waals surface area contributed by atoms with Gasteiger partial charge in [0.05, 0.1) is 17.6 Å². The molecule has 0 aliphatic rings. The minimum absolute atomic E-state index is 0.0355. The van der Waals surface area contributed by atoms with Gasteiger partial charge in [-0.2, -0.15) is 5.10 Å². The molecule has 0 fully saturated rings. The monoisotopic (exact) mass is 351 g/mol. The smallest absolute Gasteiger partial charge is 0.315 e. The zero-order valence-corrected chi connectivity index (χ0v) is 14.5. The van der Waals surface area contributed by atoms with Crippen molar-refractivity contribution in [2.24, 2.45) is 0 Å². The van der Waals surface area contributed by atoms with E-state index in [-0.39, 0.29) is 18.9 Å². The van der Waals surface area contributed by atoms with Crippen molar-refractivity contribution in [1.29, 1.82) is 0 Å². The van der Waals surface area contributed by atoms with Gasteiger partial charge in [0.25, 0.3) is 0 Å². The Balaban J connectivity index is 1.75. The number of aromatic nitrogens is 2. The molecular weight excluding hydrogens is 330 g/mol. The third-order valence-corrected chi connectivity index (χ3v) is 4.80. The van der Waals surface area contributed by atoms with Gasteiger partial charge in [0.2, 0.25) is 5.91 Å². The molecular formula is C20H21N3O3. The van der Waals surface area contributed by atoms with Gasteiger partial charge in [-0.1, -0.05) is 55.5 Å². The van der Waals surface area contributed by atoms with E-state index in [0.29, 0.717) is 12.0 Å². The minimum Gasteiger partial charge on any atom is -0.481 e. The Labute approximate surface area is 151 Å². The highest BCUT2D eigenvalue weighted by Crippen LogP contribution is 2.28. The number of aliphatic carboxylic acids is 1. The average Bonchev–Trinajstić information content (AvgIpc) is 3.06. The highest BCUT2D eigenvalue weighted by Gasteiger charge is 2.38. The highest BCUT2D eigenvalue weighted by atomic mass is 16.4. The van der Waals surface area contributed by atoms with Gasteiger partial charge in [0, 0.05) is 11.9 Å². The summed E-state index contributed by atoms with van der Waals surface area (Å²) in [6.45, 7) is 1.85.